The van der Waals surface area contributed by atoms with Crippen LogP contribution in [0.15, 0.2) is 4.52 Å². The molecule has 0 aromatic carbocycles. The van der Waals surface area contributed by atoms with Gasteiger partial charge in [-0.3, -0.25) is 9.80 Å². The third kappa shape index (κ3) is 4.84. The quantitative estimate of drug-likeness (QED) is 0.719. The lowest BCUT2D eigenvalue weighted by molar-refractivity contribution is 0.129. The molecule has 0 saturated carbocycles. The fraction of sp³-hybridized carbons (Fsp3) is 0.833. The Morgan fingerprint density at radius 3 is 2.40 bits per heavy atom. The fourth-order valence-electron chi connectivity index (χ4n) is 2.16. The average Bonchev–Trinajstić information content (AvgIpc) is 2.85. The number of hydrogen-bond donors (Lipinski definition) is 0. The van der Waals surface area contributed by atoms with Gasteiger partial charge in [0.25, 0.3) is 0 Å². The lowest BCUT2D eigenvalue weighted by Crippen LogP contribution is -2.47. The van der Waals surface area contributed by atoms with Crippen molar-refractivity contribution in [1.82, 2.24) is 19.9 Å². The van der Waals surface area contributed by atoms with E-state index in [1.165, 1.54) is 6.26 Å². The van der Waals surface area contributed by atoms with Crippen molar-refractivity contribution in [2.75, 3.05) is 44.7 Å². The van der Waals surface area contributed by atoms with E-state index in [0.29, 0.717) is 19.0 Å². The van der Waals surface area contributed by atoms with Gasteiger partial charge in [-0.25, -0.2) is 8.42 Å². The molecule has 1 aliphatic heterocycles. The molecule has 114 valence electrons. The first-order chi connectivity index (χ1) is 9.46. The largest absolute Gasteiger partial charge is 0.339 e. The van der Waals surface area contributed by atoms with Crippen LogP contribution in [0.5, 0.6) is 0 Å². The van der Waals surface area contributed by atoms with E-state index >= 15 is 0 Å². The highest BCUT2D eigenvalue weighted by Gasteiger charge is 2.19. The third-order valence-electron chi connectivity index (χ3n) is 3.42. The summed E-state index contributed by atoms with van der Waals surface area (Å²) in [6, 6.07) is 0. The van der Waals surface area contributed by atoms with Crippen molar-refractivity contribution in [3.63, 3.8) is 0 Å². The zero-order valence-electron chi connectivity index (χ0n) is 12.1. The highest BCUT2D eigenvalue weighted by molar-refractivity contribution is 7.90. The van der Waals surface area contributed by atoms with Gasteiger partial charge in [0.15, 0.2) is 5.82 Å². The lowest BCUT2D eigenvalue weighted by Gasteiger charge is -2.33. The smallest absolute Gasteiger partial charge is 0.226 e. The summed E-state index contributed by atoms with van der Waals surface area (Å²) in [5, 5.41) is 3.95. The molecule has 7 nitrogen and oxygen atoms in total. The molecule has 0 radical (unpaired) electrons. The van der Waals surface area contributed by atoms with Gasteiger partial charge < -0.3 is 4.52 Å². The summed E-state index contributed by atoms with van der Waals surface area (Å²) in [6.07, 6.45) is 2.04. The summed E-state index contributed by atoms with van der Waals surface area (Å²) >= 11 is 0. The topological polar surface area (TPSA) is 79.5 Å². The molecule has 1 saturated heterocycles. The molecule has 1 aromatic heterocycles. The van der Waals surface area contributed by atoms with Crippen molar-refractivity contribution in [1.29, 1.82) is 0 Å². The first kappa shape index (κ1) is 15.4. The minimum atomic E-state index is -2.87. The molecule has 0 spiro atoms. The Balaban J connectivity index is 1.74. The predicted octanol–water partition coefficient (Wildman–Crippen LogP) is -0.206. The molecule has 0 atom stereocenters. The van der Waals surface area contributed by atoms with Crippen molar-refractivity contribution < 1.29 is 12.9 Å². The van der Waals surface area contributed by atoms with Crippen molar-refractivity contribution in [2.24, 2.45) is 0 Å². The molecule has 1 aromatic rings. The standard InChI is InChI=1S/C12H22N4O3S/c1-3-12-13-11(14-19-12)10-16-6-4-15(5-7-16)8-9-20(2,17)18/h3-10H2,1-2H3. The maximum absolute atomic E-state index is 11.1. The van der Waals surface area contributed by atoms with Crippen molar-refractivity contribution in [2.45, 2.75) is 19.9 Å². The van der Waals surface area contributed by atoms with Crippen LogP contribution in [0.3, 0.4) is 0 Å². The second-order valence-corrected chi connectivity index (χ2v) is 7.47. The Morgan fingerprint density at radius 1 is 1.20 bits per heavy atom. The zero-order chi connectivity index (χ0) is 14.6. The van der Waals surface area contributed by atoms with Crippen LogP contribution in [0.2, 0.25) is 0 Å². The van der Waals surface area contributed by atoms with Gasteiger partial charge in [0.05, 0.1) is 12.3 Å². The van der Waals surface area contributed by atoms with E-state index in [1.54, 1.807) is 0 Å². The summed E-state index contributed by atoms with van der Waals surface area (Å²) < 4.78 is 27.4. The van der Waals surface area contributed by atoms with Crippen LogP contribution in [0.1, 0.15) is 18.6 Å². The first-order valence-electron chi connectivity index (χ1n) is 6.90. The number of nitrogens with zero attached hydrogens (tertiary/aromatic N) is 4. The second kappa shape index (κ2) is 6.64. The maximum atomic E-state index is 11.1. The third-order valence-corrected chi connectivity index (χ3v) is 4.35. The van der Waals surface area contributed by atoms with E-state index < -0.39 is 9.84 Å². The normalized spacial score (nSPS) is 18.5. The molecule has 0 bridgehead atoms. The molecule has 20 heavy (non-hydrogen) atoms. The minimum Gasteiger partial charge on any atom is -0.339 e. The number of rotatable bonds is 6. The zero-order valence-corrected chi connectivity index (χ0v) is 12.9. The average molecular weight is 302 g/mol. The van der Waals surface area contributed by atoms with E-state index in [2.05, 4.69) is 19.9 Å². The van der Waals surface area contributed by atoms with Gasteiger partial charge in [0, 0.05) is 45.4 Å². The summed E-state index contributed by atoms with van der Waals surface area (Å²) in [7, 11) is -2.87. The summed E-state index contributed by atoms with van der Waals surface area (Å²) in [6.45, 7) is 6.87. The Morgan fingerprint density at radius 2 is 1.85 bits per heavy atom. The lowest BCUT2D eigenvalue weighted by atomic mass is 10.3. The SMILES string of the molecule is CCc1nc(CN2CCN(CCS(C)(=O)=O)CC2)no1. The van der Waals surface area contributed by atoms with Crippen LogP contribution in [0.4, 0.5) is 0 Å². The van der Waals surface area contributed by atoms with Crippen LogP contribution in [0.25, 0.3) is 0 Å². The second-order valence-electron chi connectivity index (χ2n) is 5.21. The molecule has 0 unspecified atom stereocenters. The molecule has 1 aliphatic rings. The van der Waals surface area contributed by atoms with E-state index in [0.717, 1.165) is 38.4 Å². The number of hydrogen-bond acceptors (Lipinski definition) is 7. The summed E-state index contributed by atoms with van der Waals surface area (Å²) in [4.78, 5) is 8.75. The van der Waals surface area contributed by atoms with E-state index in [4.69, 9.17) is 4.52 Å². The number of aromatic nitrogens is 2. The molecule has 2 rings (SSSR count). The van der Waals surface area contributed by atoms with Gasteiger partial charge in [-0.2, -0.15) is 4.98 Å². The number of piperazine rings is 1. The monoisotopic (exact) mass is 302 g/mol. The van der Waals surface area contributed by atoms with E-state index in [1.807, 2.05) is 6.92 Å². The fourth-order valence-corrected chi connectivity index (χ4v) is 2.75. The van der Waals surface area contributed by atoms with Crippen LogP contribution >= 0.6 is 0 Å². The van der Waals surface area contributed by atoms with E-state index in [-0.39, 0.29) is 5.75 Å². The van der Waals surface area contributed by atoms with Crippen molar-refractivity contribution in [3.05, 3.63) is 11.7 Å². The van der Waals surface area contributed by atoms with Gasteiger partial charge in [0.2, 0.25) is 5.89 Å². The van der Waals surface area contributed by atoms with Gasteiger partial charge in [0.1, 0.15) is 9.84 Å². The maximum Gasteiger partial charge on any atom is 0.226 e. The molecule has 8 heteroatoms. The van der Waals surface area contributed by atoms with Crippen LogP contribution in [0, 0.1) is 0 Å². The Hall–Kier alpha value is -0.990. The molecule has 2 heterocycles. The molecule has 0 amide bonds. The van der Waals surface area contributed by atoms with Crippen molar-refractivity contribution in [3.8, 4) is 0 Å². The van der Waals surface area contributed by atoms with Crippen LogP contribution in [-0.4, -0.2) is 73.1 Å². The van der Waals surface area contributed by atoms with Gasteiger partial charge >= 0.3 is 0 Å². The van der Waals surface area contributed by atoms with E-state index in [9.17, 15) is 8.42 Å². The molecule has 0 aliphatic carbocycles. The molecule has 1 fully saturated rings. The summed E-state index contributed by atoms with van der Waals surface area (Å²) in [5.41, 5.74) is 0. The van der Waals surface area contributed by atoms with Crippen LogP contribution in [-0.2, 0) is 22.8 Å². The Labute approximate surface area is 119 Å². The van der Waals surface area contributed by atoms with Gasteiger partial charge in [-0.1, -0.05) is 12.1 Å². The molecular formula is C12H22N4O3S. The Kier molecular flexibility index (Phi) is 5.11. The predicted molar refractivity (Wildman–Crippen MR) is 75.1 cm³/mol. The number of sulfone groups is 1. The molecular weight excluding hydrogens is 280 g/mol. The van der Waals surface area contributed by atoms with Crippen molar-refractivity contribution >= 4 is 9.84 Å². The van der Waals surface area contributed by atoms with Gasteiger partial charge in [-0.05, 0) is 0 Å². The first-order valence-corrected chi connectivity index (χ1v) is 8.96. The highest BCUT2D eigenvalue weighted by atomic mass is 32.2. The Bertz CT molecular complexity index is 521. The van der Waals surface area contributed by atoms with Gasteiger partial charge in [-0.15, -0.1) is 0 Å². The molecule has 0 N–H and O–H groups in total. The van der Waals surface area contributed by atoms with Crippen LogP contribution < -0.4 is 0 Å². The summed E-state index contributed by atoms with van der Waals surface area (Å²) in [5.74, 6) is 1.63. The highest BCUT2D eigenvalue weighted by Crippen LogP contribution is 2.07. The minimum absolute atomic E-state index is 0.234. The number of aryl methyl sites for hydroxylation is 1.